The Balaban J connectivity index is 1.55. The number of nitrogens with one attached hydrogen (secondary N) is 2. The van der Waals surface area contributed by atoms with Gasteiger partial charge in [0.15, 0.2) is 0 Å². The van der Waals surface area contributed by atoms with Crippen LogP contribution in [0.1, 0.15) is 69.9 Å². The van der Waals surface area contributed by atoms with Gasteiger partial charge in [-0.3, -0.25) is 14.0 Å². The third kappa shape index (κ3) is 7.77. The van der Waals surface area contributed by atoms with Gasteiger partial charge in [-0.25, -0.2) is 14.8 Å². The van der Waals surface area contributed by atoms with Crippen molar-refractivity contribution in [1.29, 1.82) is 0 Å². The van der Waals surface area contributed by atoms with Crippen molar-refractivity contribution in [3.63, 3.8) is 0 Å². The molecule has 0 aliphatic carbocycles. The van der Waals surface area contributed by atoms with E-state index >= 15 is 0 Å². The third-order valence-corrected chi connectivity index (χ3v) is 8.05. The number of hydrogen-bond acceptors (Lipinski definition) is 6. The number of benzene rings is 2. The van der Waals surface area contributed by atoms with Gasteiger partial charge in [-0.1, -0.05) is 64.1 Å². The predicted molar refractivity (Wildman–Crippen MR) is 188 cm³/mol. The zero-order valence-corrected chi connectivity index (χ0v) is 27.6. The number of urea groups is 1. The highest BCUT2D eigenvalue weighted by atomic mass is 16.5. The smallest absolute Gasteiger partial charge is 0.323 e. The SMILES string of the molecule is C=CCCCn1c(=O)c(NC(=O)Nc2c(C(C)C)cccc2C(C)C)c(-c2cccc(OCCCn3cncn3)c2)c2cccnc21. The van der Waals surface area contributed by atoms with E-state index in [0.717, 1.165) is 40.6 Å². The molecule has 47 heavy (non-hydrogen) atoms. The molecule has 10 heteroatoms. The molecule has 3 aromatic heterocycles. The van der Waals surface area contributed by atoms with E-state index < -0.39 is 6.03 Å². The van der Waals surface area contributed by atoms with Gasteiger partial charge in [-0.2, -0.15) is 5.10 Å². The minimum atomic E-state index is -0.486. The molecule has 0 saturated heterocycles. The fraction of sp³-hybridized carbons (Fsp3) is 0.324. The quantitative estimate of drug-likeness (QED) is 0.0946. The monoisotopic (exact) mass is 633 g/mol. The number of aryl methyl sites for hydroxylation is 2. The highest BCUT2D eigenvalue weighted by molar-refractivity contribution is 6.07. The first-order valence-electron chi connectivity index (χ1n) is 16.2. The Morgan fingerprint density at radius 2 is 1.70 bits per heavy atom. The van der Waals surface area contributed by atoms with Gasteiger partial charge in [0, 0.05) is 42.3 Å². The first-order chi connectivity index (χ1) is 22.8. The molecule has 2 amide bonds. The second-order valence-corrected chi connectivity index (χ2v) is 12.1. The first-order valence-corrected chi connectivity index (χ1v) is 16.2. The first kappa shape index (κ1) is 33.1. The van der Waals surface area contributed by atoms with Gasteiger partial charge < -0.3 is 15.4 Å². The molecule has 0 radical (unpaired) electrons. The lowest BCUT2D eigenvalue weighted by Gasteiger charge is -2.22. The zero-order chi connectivity index (χ0) is 33.3. The number of carbonyl (C=O) groups is 1. The van der Waals surface area contributed by atoms with Gasteiger partial charge in [0.1, 0.15) is 29.7 Å². The van der Waals surface area contributed by atoms with Crippen molar-refractivity contribution in [3.8, 4) is 16.9 Å². The van der Waals surface area contributed by atoms with Crippen molar-refractivity contribution in [2.45, 2.75) is 71.9 Å². The highest BCUT2D eigenvalue weighted by Gasteiger charge is 2.23. The number of anilines is 2. The van der Waals surface area contributed by atoms with Gasteiger partial charge >= 0.3 is 6.03 Å². The molecule has 0 spiro atoms. The number of unbranched alkanes of at least 4 members (excludes halogenated alkanes) is 1. The maximum absolute atomic E-state index is 14.3. The summed E-state index contributed by atoms with van der Waals surface area (Å²) in [5, 5.41) is 11.0. The topological polar surface area (TPSA) is 116 Å². The number of amides is 2. The molecule has 10 nitrogen and oxygen atoms in total. The molecule has 0 aliphatic heterocycles. The number of hydrogen-bond donors (Lipinski definition) is 2. The van der Waals surface area contributed by atoms with Crippen LogP contribution in [0.5, 0.6) is 5.75 Å². The number of ether oxygens (including phenoxy) is 1. The Hall–Kier alpha value is -5.25. The molecule has 0 atom stereocenters. The highest BCUT2D eigenvalue weighted by Crippen LogP contribution is 2.36. The maximum Gasteiger partial charge on any atom is 0.323 e. The minimum Gasteiger partial charge on any atom is -0.494 e. The molecular weight excluding hydrogens is 590 g/mol. The van der Waals surface area contributed by atoms with Crippen LogP contribution in [0.25, 0.3) is 22.2 Å². The van der Waals surface area contributed by atoms with Crippen LogP contribution in [0.2, 0.25) is 0 Å². The number of allylic oxidation sites excluding steroid dienone is 1. The van der Waals surface area contributed by atoms with Gasteiger partial charge in [0.2, 0.25) is 0 Å². The summed E-state index contributed by atoms with van der Waals surface area (Å²) < 4.78 is 9.50. The third-order valence-electron chi connectivity index (χ3n) is 8.05. The van der Waals surface area contributed by atoms with E-state index in [0.29, 0.717) is 43.1 Å². The molecule has 244 valence electrons. The lowest BCUT2D eigenvalue weighted by Crippen LogP contribution is -2.30. The summed E-state index contributed by atoms with van der Waals surface area (Å²) in [6.07, 6.45) is 8.88. The van der Waals surface area contributed by atoms with Crippen molar-refractivity contribution in [2.24, 2.45) is 0 Å². The van der Waals surface area contributed by atoms with E-state index in [1.54, 1.807) is 21.8 Å². The maximum atomic E-state index is 14.3. The summed E-state index contributed by atoms with van der Waals surface area (Å²) in [4.78, 5) is 36.8. The van der Waals surface area contributed by atoms with Crippen LogP contribution in [0.4, 0.5) is 16.2 Å². The number of para-hydroxylation sites is 1. The second kappa shape index (κ2) is 15.4. The number of aromatic nitrogens is 5. The molecular formula is C37H43N7O3. The average molecular weight is 634 g/mol. The van der Waals surface area contributed by atoms with Gasteiger partial charge in [-0.15, -0.1) is 6.58 Å². The molecule has 5 aromatic rings. The Kier molecular flexibility index (Phi) is 10.8. The van der Waals surface area contributed by atoms with Crippen LogP contribution in [0, 0.1) is 0 Å². The lowest BCUT2D eigenvalue weighted by molar-refractivity contribution is 0.262. The Morgan fingerprint density at radius 3 is 2.40 bits per heavy atom. The van der Waals surface area contributed by atoms with E-state index in [1.807, 2.05) is 60.7 Å². The zero-order valence-electron chi connectivity index (χ0n) is 27.6. The molecule has 5 rings (SSSR count). The van der Waals surface area contributed by atoms with E-state index in [9.17, 15) is 9.59 Å². The van der Waals surface area contributed by atoms with Gasteiger partial charge in [0.05, 0.1) is 6.61 Å². The molecule has 3 heterocycles. The van der Waals surface area contributed by atoms with Gasteiger partial charge in [0.25, 0.3) is 5.56 Å². The van der Waals surface area contributed by atoms with Crippen LogP contribution in [-0.2, 0) is 13.1 Å². The van der Waals surface area contributed by atoms with Crippen molar-refractivity contribution in [2.75, 3.05) is 17.2 Å². The number of fused-ring (bicyclic) bond motifs is 1. The fourth-order valence-corrected chi connectivity index (χ4v) is 5.76. The van der Waals surface area contributed by atoms with Crippen LogP contribution in [0.15, 0.2) is 90.9 Å². The predicted octanol–water partition coefficient (Wildman–Crippen LogP) is 7.98. The summed E-state index contributed by atoms with van der Waals surface area (Å²) in [6.45, 7) is 13.8. The standard InChI is InChI=1S/C37H43N7O3/c1-6-7-8-20-44-35-31(17-11-18-39-35)32(27-13-9-14-28(22-27)47-21-12-19-43-24-38-23-40-43)34(36(44)45)42-37(46)41-33-29(25(2)3)15-10-16-30(33)26(4)5/h6,9-11,13-18,22-26H,1,7-8,12,19-21H2,2-5H3,(H2,41,42,46). The van der Waals surface area contributed by atoms with E-state index in [4.69, 9.17) is 4.74 Å². The van der Waals surface area contributed by atoms with Crippen LogP contribution < -0.4 is 20.9 Å². The summed E-state index contributed by atoms with van der Waals surface area (Å²) in [5.74, 6) is 1.02. The van der Waals surface area contributed by atoms with Crippen LogP contribution in [0.3, 0.4) is 0 Å². The van der Waals surface area contributed by atoms with Crippen LogP contribution in [-0.4, -0.2) is 37.0 Å². The minimum absolute atomic E-state index is 0.179. The lowest BCUT2D eigenvalue weighted by atomic mass is 9.93. The summed E-state index contributed by atoms with van der Waals surface area (Å²) in [7, 11) is 0. The average Bonchev–Trinajstić information content (AvgIpc) is 3.58. The van der Waals surface area contributed by atoms with Crippen molar-refractivity contribution >= 4 is 28.4 Å². The van der Waals surface area contributed by atoms with E-state index in [1.165, 1.54) is 6.33 Å². The van der Waals surface area contributed by atoms with Crippen molar-refractivity contribution in [1.82, 2.24) is 24.3 Å². The number of carbonyl (C=O) groups excluding carboxylic acids is 1. The Bertz CT molecular complexity index is 1870. The summed E-state index contributed by atoms with van der Waals surface area (Å²) >= 11 is 0. The van der Waals surface area contributed by atoms with Crippen molar-refractivity contribution < 1.29 is 9.53 Å². The molecule has 0 aliphatic rings. The summed E-state index contributed by atoms with van der Waals surface area (Å²) in [6, 6.07) is 16.9. The van der Waals surface area contributed by atoms with E-state index in [2.05, 4.69) is 60.0 Å². The summed E-state index contributed by atoms with van der Waals surface area (Å²) in [5.41, 5.74) is 4.55. The number of pyridine rings is 2. The molecule has 2 N–H and O–H groups in total. The molecule has 0 bridgehead atoms. The molecule has 2 aromatic carbocycles. The molecule has 0 unspecified atom stereocenters. The second-order valence-electron chi connectivity index (χ2n) is 12.1. The van der Waals surface area contributed by atoms with E-state index in [-0.39, 0.29) is 23.1 Å². The van der Waals surface area contributed by atoms with Crippen LogP contribution >= 0.6 is 0 Å². The Morgan fingerprint density at radius 1 is 0.957 bits per heavy atom. The van der Waals surface area contributed by atoms with Gasteiger partial charge in [-0.05, 0) is 65.6 Å². The fourth-order valence-electron chi connectivity index (χ4n) is 5.76. The largest absolute Gasteiger partial charge is 0.494 e. The number of nitrogens with zero attached hydrogens (tertiary/aromatic N) is 5. The number of rotatable bonds is 14. The molecule has 0 fully saturated rings. The normalized spacial score (nSPS) is 11.3. The van der Waals surface area contributed by atoms with Crippen molar-refractivity contribution in [3.05, 3.63) is 108 Å². The molecule has 0 saturated carbocycles. The Labute approximate surface area is 275 Å².